The van der Waals surface area contributed by atoms with Crippen LogP contribution < -0.4 is 9.80 Å². The van der Waals surface area contributed by atoms with Crippen LogP contribution in [0.15, 0.2) is 48.5 Å². The van der Waals surface area contributed by atoms with Crippen LogP contribution in [0.1, 0.15) is 11.1 Å². The highest BCUT2D eigenvalue weighted by Crippen LogP contribution is 2.27. The molecule has 0 aliphatic carbocycles. The number of amides is 1. The molecule has 0 atom stereocenters. The van der Waals surface area contributed by atoms with Crippen LogP contribution in [0.2, 0.25) is 0 Å². The Hall–Kier alpha value is -2.80. The van der Waals surface area contributed by atoms with Crippen molar-refractivity contribution in [1.82, 2.24) is 0 Å². The van der Waals surface area contributed by atoms with E-state index in [2.05, 4.69) is 12.1 Å². The van der Waals surface area contributed by atoms with E-state index >= 15 is 0 Å². The first-order valence-electron chi connectivity index (χ1n) is 7.28. The Morgan fingerprint density at radius 3 is 2.91 bits per heavy atom. The third-order valence-electron chi connectivity index (χ3n) is 3.98. The summed E-state index contributed by atoms with van der Waals surface area (Å²) in [5, 5.41) is 8.96. The second kappa shape index (κ2) is 5.90. The summed E-state index contributed by atoms with van der Waals surface area (Å²) >= 11 is 0. The molecular formula is C18H17N3O. The fraction of sp³-hybridized carbons (Fsp3) is 0.222. The average molecular weight is 291 g/mol. The number of anilines is 2. The topological polar surface area (TPSA) is 47.3 Å². The molecule has 2 aromatic rings. The summed E-state index contributed by atoms with van der Waals surface area (Å²) in [4.78, 5) is 16.3. The number of nitriles is 1. The van der Waals surface area contributed by atoms with Gasteiger partial charge < -0.3 is 9.80 Å². The summed E-state index contributed by atoms with van der Waals surface area (Å²) in [6.07, 6.45) is 0.912. The summed E-state index contributed by atoms with van der Waals surface area (Å²) in [7, 11) is 1.87. The van der Waals surface area contributed by atoms with Crippen molar-refractivity contribution in [2.75, 3.05) is 29.9 Å². The van der Waals surface area contributed by atoms with E-state index in [-0.39, 0.29) is 5.91 Å². The zero-order valence-corrected chi connectivity index (χ0v) is 12.5. The molecule has 1 aliphatic heterocycles. The quantitative estimate of drug-likeness (QED) is 0.873. The minimum atomic E-state index is 0.0785. The van der Waals surface area contributed by atoms with E-state index in [9.17, 15) is 4.79 Å². The zero-order chi connectivity index (χ0) is 15.5. The highest BCUT2D eigenvalue weighted by molar-refractivity contribution is 5.98. The van der Waals surface area contributed by atoms with Gasteiger partial charge in [0.1, 0.15) is 0 Å². The minimum absolute atomic E-state index is 0.0785. The predicted molar refractivity (Wildman–Crippen MR) is 86.9 cm³/mol. The van der Waals surface area contributed by atoms with Crippen molar-refractivity contribution in [1.29, 1.82) is 5.26 Å². The fourth-order valence-corrected chi connectivity index (χ4v) is 2.79. The number of carbonyl (C=O) groups is 1. The Morgan fingerprint density at radius 2 is 2.09 bits per heavy atom. The Balaban J connectivity index is 1.73. The fourth-order valence-electron chi connectivity index (χ4n) is 2.79. The normalized spacial score (nSPS) is 12.6. The Morgan fingerprint density at radius 1 is 1.27 bits per heavy atom. The molecule has 4 nitrogen and oxygen atoms in total. The summed E-state index contributed by atoms with van der Waals surface area (Å²) in [5.41, 5.74) is 3.72. The molecule has 3 rings (SSSR count). The van der Waals surface area contributed by atoms with Crippen molar-refractivity contribution >= 4 is 17.3 Å². The maximum absolute atomic E-state index is 12.6. The molecule has 4 heteroatoms. The number of rotatable bonds is 3. The minimum Gasteiger partial charge on any atom is -0.365 e. The van der Waals surface area contributed by atoms with Crippen LogP contribution in [0.25, 0.3) is 0 Å². The number of carbonyl (C=O) groups excluding carboxylic acids is 1. The van der Waals surface area contributed by atoms with Crippen LogP contribution in [-0.2, 0) is 11.2 Å². The number of likely N-dealkylation sites (N-methyl/N-ethyl adjacent to an activating group) is 1. The van der Waals surface area contributed by atoms with Crippen molar-refractivity contribution in [3.8, 4) is 6.07 Å². The second-order valence-electron chi connectivity index (χ2n) is 5.44. The van der Waals surface area contributed by atoms with Crippen LogP contribution in [0.4, 0.5) is 11.4 Å². The smallest absolute Gasteiger partial charge is 0.246 e. The lowest BCUT2D eigenvalue weighted by molar-refractivity contribution is -0.117. The van der Waals surface area contributed by atoms with Crippen molar-refractivity contribution in [2.24, 2.45) is 0 Å². The molecule has 110 valence electrons. The van der Waals surface area contributed by atoms with Gasteiger partial charge in [0, 0.05) is 25.0 Å². The number of benzene rings is 2. The Labute approximate surface area is 130 Å². The van der Waals surface area contributed by atoms with Gasteiger partial charge in [-0.05, 0) is 36.2 Å². The summed E-state index contributed by atoms with van der Waals surface area (Å²) in [5.74, 6) is 0.0785. The molecule has 0 spiro atoms. The molecule has 2 aromatic carbocycles. The zero-order valence-electron chi connectivity index (χ0n) is 12.5. The SMILES string of the molecule is CN(CC(=O)N1CCc2ccccc21)c1cccc(C#N)c1. The van der Waals surface area contributed by atoms with Crippen molar-refractivity contribution in [3.63, 3.8) is 0 Å². The first kappa shape index (κ1) is 14.2. The van der Waals surface area contributed by atoms with Crippen LogP contribution in [-0.4, -0.2) is 26.0 Å². The van der Waals surface area contributed by atoms with E-state index < -0.39 is 0 Å². The van der Waals surface area contributed by atoms with Crippen LogP contribution in [0.3, 0.4) is 0 Å². The van der Waals surface area contributed by atoms with Gasteiger partial charge in [-0.2, -0.15) is 5.26 Å². The molecular weight excluding hydrogens is 274 g/mol. The lowest BCUT2D eigenvalue weighted by atomic mass is 10.2. The molecule has 0 bridgehead atoms. The Kier molecular flexibility index (Phi) is 3.80. The number of hydrogen-bond donors (Lipinski definition) is 0. The predicted octanol–water partition coefficient (Wildman–Crippen LogP) is 2.58. The lowest BCUT2D eigenvalue weighted by Crippen LogP contribution is -2.38. The van der Waals surface area contributed by atoms with E-state index in [1.807, 2.05) is 47.2 Å². The molecule has 0 fully saturated rings. The van der Waals surface area contributed by atoms with E-state index in [4.69, 9.17) is 5.26 Å². The van der Waals surface area contributed by atoms with Crippen molar-refractivity contribution in [2.45, 2.75) is 6.42 Å². The van der Waals surface area contributed by atoms with Gasteiger partial charge in [-0.25, -0.2) is 0 Å². The van der Waals surface area contributed by atoms with Crippen molar-refractivity contribution < 1.29 is 4.79 Å². The molecule has 0 unspecified atom stereocenters. The molecule has 0 saturated carbocycles. The largest absolute Gasteiger partial charge is 0.365 e. The van der Waals surface area contributed by atoms with Gasteiger partial charge in [0.2, 0.25) is 5.91 Å². The van der Waals surface area contributed by atoms with Gasteiger partial charge in [0.05, 0.1) is 18.2 Å². The number of para-hydroxylation sites is 1. The molecule has 1 heterocycles. The first-order valence-corrected chi connectivity index (χ1v) is 7.28. The highest BCUT2D eigenvalue weighted by atomic mass is 16.2. The van der Waals surface area contributed by atoms with E-state index in [1.165, 1.54) is 5.56 Å². The molecule has 0 saturated heterocycles. The van der Waals surface area contributed by atoms with Crippen LogP contribution >= 0.6 is 0 Å². The van der Waals surface area contributed by atoms with Gasteiger partial charge in [0.15, 0.2) is 0 Å². The average Bonchev–Trinajstić information content (AvgIpc) is 2.99. The van der Waals surface area contributed by atoms with Gasteiger partial charge in [-0.3, -0.25) is 4.79 Å². The monoisotopic (exact) mass is 291 g/mol. The molecule has 22 heavy (non-hydrogen) atoms. The van der Waals surface area contributed by atoms with Gasteiger partial charge in [-0.1, -0.05) is 24.3 Å². The van der Waals surface area contributed by atoms with E-state index in [1.54, 1.807) is 12.1 Å². The molecule has 0 radical (unpaired) electrons. The van der Waals surface area contributed by atoms with Gasteiger partial charge >= 0.3 is 0 Å². The number of hydrogen-bond acceptors (Lipinski definition) is 3. The molecule has 0 N–H and O–H groups in total. The Bertz CT molecular complexity index is 748. The summed E-state index contributed by atoms with van der Waals surface area (Å²) in [6, 6.07) is 17.5. The maximum atomic E-state index is 12.6. The van der Waals surface area contributed by atoms with Gasteiger partial charge in [-0.15, -0.1) is 0 Å². The van der Waals surface area contributed by atoms with Gasteiger partial charge in [0.25, 0.3) is 0 Å². The third-order valence-corrected chi connectivity index (χ3v) is 3.98. The lowest BCUT2D eigenvalue weighted by Gasteiger charge is -2.23. The van der Waals surface area contributed by atoms with Crippen LogP contribution in [0, 0.1) is 11.3 Å². The maximum Gasteiger partial charge on any atom is 0.246 e. The van der Waals surface area contributed by atoms with Crippen molar-refractivity contribution in [3.05, 3.63) is 59.7 Å². The molecule has 1 aliphatic rings. The standard InChI is InChI=1S/C18H17N3O/c1-20(16-7-4-5-14(11-16)12-19)13-18(22)21-10-9-15-6-2-3-8-17(15)21/h2-8,11H,9-10,13H2,1H3. The first-order chi connectivity index (χ1) is 10.7. The third kappa shape index (κ3) is 2.66. The highest BCUT2D eigenvalue weighted by Gasteiger charge is 2.24. The second-order valence-corrected chi connectivity index (χ2v) is 5.44. The number of nitrogens with zero attached hydrogens (tertiary/aromatic N) is 3. The molecule has 1 amide bonds. The summed E-state index contributed by atoms with van der Waals surface area (Å²) in [6.45, 7) is 1.04. The van der Waals surface area contributed by atoms with Crippen LogP contribution in [0.5, 0.6) is 0 Å². The van der Waals surface area contributed by atoms with E-state index in [0.717, 1.165) is 24.3 Å². The summed E-state index contributed by atoms with van der Waals surface area (Å²) < 4.78 is 0. The number of fused-ring (bicyclic) bond motifs is 1. The van der Waals surface area contributed by atoms with E-state index in [0.29, 0.717) is 12.1 Å². The molecule has 0 aromatic heterocycles.